The normalized spacial score (nSPS) is 20.9. The van der Waals surface area contributed by atoms with Crippen molar-refractivity contribution >= 4 is 33.1 Å². The molecule has 1 fully saturated rings. The number of ether oxygens (including phenoxy) is 1. The number of aryl methyl sites for hydroxylation is 1. The number of rotatable bonds is 4. The highest BCUT2D eigenvalue weighted by Gasteiger charge is 2.36. The van der Waals surface area contributed by atoms with Crippen molar-refractivity contribution in [3.8, 4) is 5.75 Å². The molecule has 0 radical (unpaired) electrons. The summed E-state index contributed by atoms with van der Waals surface area (Å²) in [6, 6.07) is 13.3. The van der Waals surface area contributed by atoms with Crippen LogP contribution in [0.2, 0.25) is 0 Å². The van der Waals surface area contributed by atoms with Gasteiger partial charge in [0.15, 0.2) is 6.61 Å². The monoisotopic (exact) mass is 495 g/mol. The topological polar surface area (TPSA) is 96.0 Å². The van der Waals surface area contributed by atoms with Gasteiger partial charge in [-0.15, -0.1) is 0 Å². The maximum Gasteiger partial charge on any atom is 0.262 e. The van der Waals surface area contributed by atoms with E-state index in [9.17, 15) is 18.0 Å². The minimum atomic E-state index is -3.82. The van der Waals surface area contributed by atoms with E-state index in [1.165, 1.54) is 21.5 Å². The molecule has 1 atom stereocenters. The first-order valence-corrected chi connectivity index (χ1v) is 13.4. The van der Waals surface area contributed by atoms with E-state index in [4.69, 9.17) is 4.74 Å². The van der Waals surface area contributed by atoms with Crippen LogP contribution in [0.5, 0.6) is 5.75 Å². The number of hydrogen-bond acceptors (Lipinski definition) is 5. The molecular weight excluding hydrogens is 466 g/mol. The number of carbonyl (C=O) groups excluding carboxylic acids is 2. The van der Waals surface area contributed by atoms with Crippen molar-refractivity contribution in [2.24, 2.45) is 5.92 Å². The first kappa shape index (κ1) is 23.6. The van der Waals surface area contributed by atoms with Gasteiger partial charge in [-0.2, -0.15) is 4.31 Å². The van der Waals surface area contributed by atoms with Gasteiger partial charge in [-0.1, -0.05) is 36.4 Å². The summed E-state index contributed by atoms with van der Waals surface area (Å²) >= 11 is 0. The van der Waals surface area contributed by atoms with Crippen LogP contribution in [-0.2, 0) is 19.6 Å². The lowest BCUT2D eigenvalue weighted by Crippen LogP contribution is -2.47. The van der Waals surface area contributed by atoms with E-state index in [1.54, 1.807) is 13.0 Å². The van der Waals surface area contributed by atoms with Crippen molar-refractivity contribution in [1.29, 1.82) is 0 Å². The maximum absolute atomic E-state index is 13.6. The van der Waals surface area contributed by atoms with Crippen LogP contribution in [-0.4, -0.2) is 62.2 Å². The molecule has 1 unspecified atom stereocenters. The van der Waals surface area contributed by atoms with E-state index in [0.717, 1.165) is 6.42 Å². The van der Waals surface area contributed by atoms with Crippen LogP contribution in [0.15, 0.2) is 53.4 Å². The number of carbonyl (C=O) groups is 2. The molecule has 0 aliphatic carbocycles. The molecule has 2 aromatic carbocycles. The smallest absolute Gasteiger partial charge is 0.262 e. The summed E-state index contributed by atoms with van der Waals surface area (Å²) in [4.78, 5) is 26.9. The molecule has 1 saturated heterocycles. The third-order valence-corrected chi connectivity index (χ3v) is 8.93. The van der Waals surface area contributed by atoms with E-state index in [2.05, 4.69) is 23.5 Å². The second-order valence-electron chi connectivity index (χ2n) is 9.28. The maximum atomic E-state index is 13.6. The molecule has 3 heterocycles. The van der Waals surface area contributed by atoms with Gasteiger partial charge in [-0.3, -0.25) is 9.59 Å². The van der Waals surface area contributed by atoms with Gasteiger partial charge in [0.05, 0.1) is 16.5 Å². The fourth-order valence-electron chi connectivity index (χ4n) is 5.04. The highest BCUT2D eigenvalue weighted by atomic mass is 32.2. The zero-order valence-corrected chi connectivity index (χ0v) is 20.5. The Hall–Kier alpha value is -3.17. The molecule has 0 bridgehead atoms. The van der Waals surface area contributed by atoms with Crippen molar-refractivity contribution in [1.82, 2.24) is 9.21 Å². The Morgan fingerprint density at radius 1 is 1.14 bits per heavy atom. The van der Waals surface area contributed by atoms with Crippen LogP contribution in [0.3, 0.4) is 0 Å². The Morgan fingerprint density at radius 2 is 1.94 bits per heavy atom. The molecular formula is C26H29N3O5S. The van der Waals surface area contributed by atoms with Gasteiger partial charge in [-0.05, 0) is 49.0 Å². The minimum Gasteiger partial charge on any atom is -0.482 e. The number of sulfonamides is 1. The molecule has 0 spiro atoms. The second kappa shape index (κ2) is 9.47. The van der Waals surface area contributed by atoms with Gasteiger partial charge in [0.25, 0.3) is 5.91 Å². The van der Waals surface area contributed by atoms with E-state index in [1.807, 2.05) is 23.1 Å². The Labute approximate surface area is 205 Å². The number of piperidine rings is 1. The fourth-order valence-corrected chi connectivity index (χ4v) is 6.78. The number of amides is 2. The summed E-state index contributed by atoms with van der Waals surface area (Å²) in [5, 5.41) is 2.70. The average Bonchev–Trinajstić information content (AvgIpc) is 2.88. The number of nitrogens with one attached hydrogen (secondary N) is 1. The lowest BCUT2D eigenvalue weighted by atomic mass is 9.95. The molecule has 1 N–H and O–H groups in total. The Bertz CT molecular complexity index is 1290. The molecule has 2 aromatic rings. The first-order valence-electron chi connectivity index (χ1n) is 11.9. The van der Waals surface area contributed by atoms with Crippen LogP contribution in [0.25, 0.3) is 5.57 Å². The lowest BCUT2D eigenvalue weighted by Gasteiger charge is -2.35. The second-order valence-corrected chi connectivity index (χ2v) is 11.2. The Kier molecular flexibility index (Phi) is 6.37. The van der Waals surface area contributed by atoms with Gasteiger partial charge in [-0.25, -0.2) is 8.42 Å². The van der Waals surface area contributed by atoms with E-state index in [-0.39, 0.29) is 35.8 Å². The summed E-state index contributed by atoms with van der Waals surface area (Å²) in [5.41, 5.74) is 3.41. The average molecular weight is 496 g/mol. The fraction of sp³-hybridized carbons (Fsp3) is 0.385. The third-order valence-electron chi connectivity index (χ3n) is 6.93. The minimum absolute atomic E-state index is 0.0153. The summed E-state index contributed by atoms with van der Waals surface area (Å²) in [6.45, 7) is 3.27. The Balaban J connectivity index is 1.30. The molecule has 3 aliphatic rings. The summed E-state index contributed by atoms with van der Waals surface area (Å²) in [7, 11) is -3.82. The predicted octanol–water partition coefficient (Wildman–Crippen LogP) is 3.04. The molecule has 3 aliphatic heterocycles. The zero-order valence-electron chi connectivity index (χ0n) is 19.7. The van der Waals surface area contributed by atoms with Crippen LogP contribution < -0.4 is 10.1 Å². The number of fused-ring (bicyclic) bond motifs is 1. The van der Waals surface area contributed by atoms with Crippen LogP contribution in [0.4, 0.5) is 5.69 Å². The molecule has 2 amide bonds. The standard InChI is InChI=1S/C26H29N3O5S/c1-18-14-22-23(34-17-25(30)27-22)15-24(18)35(32,33)29-11-5-8-21(16-29)26(31)28-12-9-20(10-13-28)19-6-3-2-4-7-19/h2-4,6-7,9,14-15,21H,5,8,10-13,16-17H2,1H3,(H,27,30). The number of benzene rings is 2. The number of nitrogens with zero attached hydrogens (tertiary/aromatic N) is 2. The molecule has 5 rings (SSSR count). The molecule has 35 heavy (non-hydrogen) atoms. The summed E-state index contributed by atoms with van der Waals surface area (Å²) < 4.78 is 34.0. The van der Waals surface area contributed by atoms with Gasteiger partial charge in [0.1, 0.15) is 5.75 Å². The van der Waals surface area contributed by atoms with Crippen molar-refractivity contribution in [2.45, 2.75) is 31.1 Å². The highest BCUT2D eigenvalue weighted by Crippen LogP contribution is 2.35. The van der Waals surface area contributed by atoms with Gasteiger partial charge < -0.3 is 15.0 Å². The zero-order chi connectivity index (χ0) is 24.6. The van der Waals surface area contributed by atoms with Gasteiger partial charge >= 0.3 is 0 Å². The largest absolute Gasteiger partial charge is 0.482 e. The van der Waals surface area contributed by atoms with Crippen molar-refractivity contribution in [2.75, 3.05) is 38.1 Å². The van der Waals surface area contributed by atoms with Gasteiger partial charge in [0.2, 0.25) is 15.9 Å². The summed E-state index contributed by atoms with van der Waals surface area (Å²) in [5.74, 6) is -0.277. The Morgan fingerprint density at radius 3 is 2.69 bits per heavy atom. The van der Waals surface area contributed by atoms with E-state index in [0.29, 0.717) is 49.5 Å². The SMILES string of the molecule is Cc1cc2c(cc1S(=O)(=O)N1CCCC(C(=O)N3CC=C(c4ccccc4)CC3)C1)OCC(=O)N2. The van der Waals surface area contributed by atoms with Crippen molar-refractivity contribution in [3.63, 3.8) is 0 Å². The highest BCUT2D eigenvalue weighted by molar-refractivity contribution is 7.89. The van der Waals surface area contributed by atoms with E-state index < -0.39 is 10.0 Å². The van der Waals surface area contributed by atoms with Gasteiger partial charge in [0, 0.05) is 32.2 Å². The van der Waals surface area contributed by atoms with Crippen molar-refractivity contribution < 1.29 is 22.7 Å². The van der Waals surface area contributed by atoms with E-state index >= 15 is 0 Å². The quantitative estimate of drug-likeness (QED) is 0.704. The first-order chi connectivity index (χ1) is 16.8. The molecule has 0 aromatic heterocycles. The van der Waals surface area contributed by atoms with Crippen molar-refractivity contribution in [3.05, 3.63) is 59.7 Å². The molecule has 9 heteroatoms. The van der Waals surface area contributed by atoms with Crippen LogP contribution >= 0.6 is 0 Å². The molecule has 8 nitrogen and oxygen atoms in total. The predicted molar refractivity (Wildman–Crippen MR) is 132 cm³/mol. The van der Waals surface area contributed by atoms with Crippen LogP contribution in [0, 0.1) is 12.8 Å². The number of anilines is 1. The third kappa shape index (κ3) is 4.70. The lowest BCUT2D eigenvalue weighted by molar-refractivity contribution is -0.136. The van der Waals surface area contributed by atoms with Crippen LogP contribution in [0.1, 0.15) is 30.4 Å². The molecule has 184 valence electrons. The number of hydrogen-bond donors (Lipinski definition) is 1. The molecule has 0 saturated carbocycles. The summed E-state index contributed by atoms with van der Waals surface area (Å²) in [6.07, 6.45) is 4.19.